The van der Waals surface area contributed by atoms with E-state index in [2.05, 4.69) is 0 Å². The molecular formula is C4H9IO. The summed E-state index contributed by atoms with van der Waals surface area (Å²) in [4.78, 5) is 0. The van der Waals surface area contributed by atoms with Gasteiger partial charge in [-0.1, -0.05) is 0 Å². The first kappa shape index (κ1) is 6.69. The largest absolute Gasteiger partial charge is 0.381 e. The second kappa shape index (κ2) is 3.87. The van der Waals surface area contributed by atoms with Gasteiger partial charge in [-0.25, -0.2) is 0 Å². The molecule has 1 nitrogen and oxygen atoms in total. The van der Waals surface area contributed by atoms with Crippen molar-refractivity contribution >= 4 is 24.0 Å². The average molecular weight is 200 g/mol. The van der Waals surface area contributed by atoms with E-state index in [1.165, 1.54) is 12.8 Å². The summed E-state index contributed by atoms with van der Waals surface area (Å²) in [6.07, 6.45) is 2.56. The third-order valence-electron chi connectivity index (χ3n) is 0.827. The van der Waals surface area contributed by atoms with Crippen LogP contribution in [-0.2, 0) is 4.74 Å². The molecule has 1 rings (SSSR count). The van der Waals surface area contributed by atoms with E-state index in [0.717, 1.165) is 13.2 Å². The third-order valence-corrected chi connectivity index (χ3v) is 0.827. The van der Waals surface area contributed by atoms with Crippen molar-refractivity contribution in [2.75, 3.05) is 13.2 Å². The number of ether oxygens (including phenoxy) is 1. The fraction of sp³-hybridized carbons (Fsp3) is 1.00. The summed E-state index contributed by atoms with van der Waals surface area (Å²) >= 11 is 0. The van der Waals surface area contributed by atoms with Crippen LogP contribution in [0.5, 0.6) is 0 Å². The molecule has 1 fully saturated rings. The minimum absolute atomic E-state index is 0. The van der Waals surface area contributed by atoms with Crippen molar-refractivity contribution in [3.05, 3.63) is 0 Å². The van der Waals surface area contributed by atoms with Crippen LogP contribution in [-0.4, -0.2) is 13.2 Å². The summed E-state index contributed by atoms with van der Waals surface area (Å²) < 4.78 is 4.94. The minimum Gasteiger partial charge on any atom is -0.381 e. The predicted molar refractivity (Wildman–Crippen MR) is 35.5 cm³/mol. The Morgan fingerprint density at radius 3 is 1.67 bits per heavy atom. The van der Waals surface area contributed by atoms with E-state index in [4.69, 9.17) is 4.74 Å². The average Bonchev–Trinajstić information content (AvgIpc) is 1.76. The molecule has 1 saturated heterocycles. The first-order chi connectivity index (χ1) is 2.50. The van der Waals surface area contributed by atoms with Gasteiger partial charge in [-0.2, -0.15) is 0 Å². The maximum absolute atomic E-state index is 4.94. The van der Waals surface area contributed by atoms with Crippen LogP contribution in [0.4, 0.5) is 0 Å². The van der Waals surface area contributed by atoms with Crippen molar-refractivity contribution in [2.24, 2.45) is 0 Å². The normalized spacial score (nSPS) is 20.0. The van der Waals surface area contributed by atoms with E-state index in [1.54, 1.807) is 0 Å². The Morgan fingerprint density at radius 2 is 1.50 bits per heavy atom. The third kappa shape index (κ3) is 1.97. The zero-order chi connectivity index (χ0) is 3.54. The highest BCUT2D eigenvalue weighted by molar-refractivity contribution is 14.0. The molecule has 0 bridgehead atoms. The zero-order valence-electron chi connectivity index (χ0n) is 3.64. The molecule has 38 valence electrons. The lowest BCUT2D eigenvalue weighted by molar-refractivity contribution is 0.198. The van der Waals surface area contributed by atoms with Crippen LogP contribution in [0.15, 0.2) is 0 Å². The number of hydrogen-bond donors (Lipinski definition) is 0. The first-order valence-electron chi connectivity index (χ1n) is 2.08. The van der Waals surface area contributed by atoms with E-state index < -0.39 is 0 Å². The van der Waals surface area contributed by atoms with Crippen molar-refractivity contribution in [3.63, 3.8) is 0 Å². The lowest BCUT2D eigenvalue weighted by atomic mass is 10.4. The minimum atomic E-state index is 0. The lowest BCUT2D eigenvalue weighted by Gasteiger charge is -1.76. The molecule has 0 aromatic carbocycles. The Bertz CT molecular complexity index is 19.1. The van der Waals surface area contributed by atoms with Crippen molar-refractivity contribution in [2.45, 2.75) is 12.8 Å². The summed E-state index contributed by atoms with van der Waals surface area (Å²) in [7, 11) is 0. The number of halogens is 1. The quantitative estimate of drug-likeness (QED) is 0.537. The van der Waals surface area contributed by atoms with Gasteiger partial charge in [0.1, 0.15) is 0 Å². The van der Waals surface area contributed by atoms with Crippen LogP contribution in [0, 0.1) is 0 Å². The molecule has 0 saturated carbocycles. The Labute approximate surface area is 55.1 Å². The highest BCUT2D eigenvalue weighted by atomic mass is 127. The van der Waals surface area contributed by atoms with Gasteiger partial charge in [0.25, 0.3) is 0 Å². The zero-order valence-corrected chi connectivity index (χ0v) is 5.98. The summed E-state index contributed by atoms with van der Waals surface area (Å²) in [6.45, 7) is 2.00. The van der Waals surface area contributed by atoms with Gasteiger partial charge >= 0.3 is 0 Å². The topological polar surface area (TPSA) is 9.23 Å². The highest BCUT2D eigenvalue weighted by Gasteiger charge is 1.94. The smallest absolute Gasteiger partial charge is 0.0466 e. The number of hydrogen-bond acceptors (Lipinski definition) is 1. The van der Waals surface area contributed by atoms with Gasteiger partial charge in [0, 0.05) is 13.2 Å². The molecule has 0 aromatic heterocycles. The van der Waals surface area contributed by atoms with Gasteiger partial charge in [-0.15, -0.1) is 24.0 Å². The van der Waals surface area contributed by atoms with Crippen molar-refractivity contribution < 1.29 is 4.74 Å². The molecule has 1 aliphatic rings. The van der Waals surface area contributed by atoms with Gasteiger partial charge in [-0.05, 0) is 12.8 Å². The van der Waals surface area contributed by atoms with Gasteiger partial charge in [-0.3, -0.25) is 0 Å². The van der Waals surface area contributed by atoms with Crippen LogP contribution >= 0.6 is 24.0 Å². The molecule has 0 aliphatic carbocycles. The van der Waals surface area contributed by atoms with Crippen molar-refractivity contribution in [1.29, 1.82) is 0 Å². The number of rotatable bonds is 0. The molecular weight excluding hydrogens is 191 g/mol. The molecule has 0 radical (unpaired) electrons. The Morgan fingerprint density at radius 1 is 1.00 bits per heavy atom. The maximum atomic E-state index is 4.94. The fourth-order valence-corrected chi connectivity index (χ4v) is 0.510. The Hall–Kier alpha value is 0.690. The second-order valence-electron chi connectivity index (χ2n) is 1.32. The molecule has 1 heterocycles. The van der Waals surface area contributed by atoms with Gasteiger partial charge in [0.05, 0.1) is 0 Å². The van der Waals surface area contributed by atoms with Gasteiger partial charge in [0.15, 0.2) is 0 Å². The van der Waals surface area contributed by atoms with Crippen LogP contribution in [0.25, 0.3) is 0 Å². The second-order valence-corrected chi connectivity index (χ2v) is 1.32. The molecule has 0 amide bonds. The summed E-state index contributed by atoms with van der Waals surface area (Å²) in [5, 5.41) is 0. The molecule has 0 spiro atoms. The molecule has 1 aliphatic heterocycles. The van der Waals surface area contributed by atoms with Crippen molar-refractivity contribution in [1.82, 2.24) is 0 Å². The first-order valence-corrected chi connectivity index (χ1v) is 2.08. The monoisotopic (exact) mass is 200 g/mol. The molecule has 0 atom stereocenters. The van der Waals surface area contributed by atoms with Crippen LogP contribution < -0.4 is 0 Å². The van der Waals surface area contributed by atoms with Gasteiger partial charge in [0.2, 0.25) is 0 Å². The van der Waals surface area contributed by atoms with E-state index in [0.29, 0.717) is 0 Å². The molecule has 0 aromatic rings. The summed E-state index contributed by atoms with van der Waals surface area (Å²) in [5.74, 6) is 0. The predicted octanol–water partition coefficient (Wildman–Crippen LogP) is 1.41. The fourth-order valence-electron chi connectivity index (χ4n) is 0.510. The van der Waals surface area contributed by atoms with E-state index in [1.807, 2.05) is 0 Å². The molecule has 6 heavy (non-hydrogen) atoms. The molecule has 0 unspecified atom stereocenters. The summed E-state index contributed by atoms with van der Waals surface area (Å²) in [6, 6.07) is 0. The molecule has 0 N–H and O–H groups in total. The Kier molecular flexibility index (Phi) is 4.31. The SMILES string of the molecule is C1CCOC1.I. The van der Waals surface area contributed by atoms with Crippen LogP contribution in [0.3, 0.4) is 0 Å². The maximum Gasteiger partial charge on any atom is 0.0466 e. The van der Waals surface area contributed by atoms with Crippen LogP contribution in [0.1, 0.15) is 12.8 Å². The van der Waals surface area contributed by atoms with E-state index >= 15 is 0 Å². The van der Waals surface area contributed by atoms with E-state index in [-0.39, 0.29) is 24.0 Å². The standard InChI is InChI=1S/C4H8O.HI/c1-2-4-5-3-1;/h1-4H2;1H. The van der Waals surface area contributed by atoms with Crippen LogP contribution in [0.2, 0.25) is 0 Å². The lowest BCUT2D eigenvalue weighted by Crippen LogP contribution is -1.74. The highest BCUT2D eigenvalue weighted by Crippen LogP contribution is 1.98. The molecule has 2 heteroatoms. The van der Waals surface area contributed by atoms with Gasteiger partial charge < -0.3 is 4.74 Å². The Balaban J connectivity index is 0.000000250. The van der Waals surface area contributed by atoms with E-state index in [9.17, 15) is 0 Å². The summed E-state index contributed by atoms with van der Waals surface area (Å²) in [5.41, 5.74) is 0. The van der Waals surface area contributed by atoms with Crippen molar-refractivity contribution in [3.8, 4) is 0 Å².